The molecule has 0 N–H and O–H groups in total. The summed E-state index contributed by atoms with van der Waals surface area (Å²) in [5, 5.41) is 0. The van der Waals surface area contributed by atoms with E-state index >= 15 is 0 Å². The molecule has 0 saturated carbocycles. The van der Waals surface area contributed by atoms with E-state index in [2.05, 4.69) is 34.1 Å². The van der Waals surface area contributed by atoms with Crippen LogP contribution in [0.15, 0.2) is 72.8 Å². The molecule has 36 heavy (non-hydrogen) atoms. The summed E-state index contributed by atoms with van der Waals surface area (Å²) < 4.78 is 18.6. The van der Waals surface area contributed by atoms with Crippen molar-refractivity contribution in [1.29, 1.82) is 0 Å². The van der Waals surface area contributed by atoms with Crippen LogP contribution in [0.2, 0.25) is 0 Å². The van der Waals surface area contributed by atoms with Gasteiger partial charge in [-0.05, 0) is 73.0 Å². The van der Waals surface area contributed by atoms with Gasteiger partial charge in [-0.3, -0.25) is 14.5 Å². The number of anilines is 2. The van der Waals surface area contributed by atoms with Crippen molar-refractivity contribution in [3.63, 3.8) is 0 Å². The SMILES string of the molecule is CCOc1ccc(N2C(=O)C[C@@H](N3CCN(c4ccc(Cc5ccc(F)cc5)cc4)CC3)C2=O)cc1. The molecule has 3 aromatic carbocycles. The van der Waals surface area contributed by atoms with E-state index in [-0.39, 0.29) is 24.1 Å². The molecule has 1 atom stereocenters. The van der Waals surface area contributed by atoms with Crippen LogP contribution in [-0.2, 0) is 16.0 Å². The van der Waals surface area contributed by atoms with E-state index in [4.69, 9.17) is 4.74 Å². The summed E-state index contributed by atoms with van der Waals surface area (Å²) in [6.07, 6.45) is 0.973. The van der Waals surface area contributed by atoms with Gasteiger partial charge in [0.25, 0.3) is 5.91 Å². The second-order valence-corrected chi connectivity index (χ2v) is 9.21. The number of ether oxygens (including phenoxy) is 1. The fourth-order valence-corrected chi connectivity index (χ4v) is 4.98. The van der Waals surface area contributed by atoms with Gasteiger partial charge >= 0.3 is 0 Å². The first-order valence-electron chi connectivity index (χ1n) is 12.4. The highest BCUT2D eigenvalue weighted by molar-refractivity contribution is 6.22. The average Bonchev–Trinajstić information content (AvgIpc) is 3.20. The van der Waals surface area contributed by atoms with Gasteiger partial charge in [-0.1, -0.05) is 24.3 Å². The zero-order chi connectivity index (χ0) is 25.1. The first-order valence-corrected chi connectivity index (χ1v) is 12.4. The minimum absolute atomic E-state index is 0.150. The van der Waals surface area contributed by atoms with Gasteiger partial charge in [0.1, 0.15) is 11.6 Å². The summed E-state index contributed by atoms with van der Waals surface area (Å²) in [5.41, 5.74) is 3.99. The van der Waals surface area contributed by atoms with E-state index in [1.54, 1.807) is 24.3 Å². The molecule has 6 nitrogen and oxygen atoms in total. The fraction of sp³-hybridized carbons (Fsp3) is 0.310. The molecule has 3 aromatic rings. The number of piperazine rings is 1. The lowest BCUT2D eigenvalue weighted by Crippen LogP contribution is -2.52. The van der Waals surface area contributed by atoms with Crippen LogP contribution in [0.3, 0.4) is 0 Å². The molecule has 0 spiro atoms. The largest absolute Gasteiger partial charge is 0.494 e. The smallest absolute Gasteiger partial charge is 0.251 e. The van der Waals surface area contributed by atoms with Crippen molar-refractivity contribution in [2.45, 2.75) is 25.8 Å². The van der Waals surface area contributed by atoms with Crippen LogP contribution in [0, 0.1) is 5.82 Å². The summed E-state index contributed by atoms with van der Waals surface area (Å²) in [7, 11) is 0. The fourth-order valence-electron chi connectivity index (χ4n) is 4.98. The molecule has 2 heterocycles. The molecule has 2 aliphatic rings. The predicted octanol–water partition coefficient (Wildman–Crippen LogP) is 4.27. The monoisotopic (exact) mass is 487 g/mol. The second kappa shape index (κ2) is 10.5. The van der Waals surface area contributed by atoms with E-state index in [0.717, 1.165) is 49.6 Å². The van der Waals surface area contributed by atoms with E-state index in [9.17, 15) is 14.0 Å². The Morgan fingerprint density at radius 1 is 0.806 bits per heavy atom. The van der Waals surface area contributed by atoms with Crippen LogP contribution < -0.4 is 14.5 Å². The Morgan fingerprint density at radius 2 is 1.39 bits per heavy atom. The molecule has 7 heteroatoms. The Kier molecular flexibility index (Phi) is 7.00. The number of carbonyl (C=O) groups excluding carboxylic acids is 2. The minimum Gasteiger partial charge on any atom is -0.494 e. The van der Waals surface area contributed by atoms with Crippen molar-refractivity contribution >= 4 is 23.2 Å². The topological polar surface area (TPSA) is 53.1 Å². The normalized spacial score (nSPS) is 18.7. The van der Waals surface area contributed by atoms with Gasteiger partial charge in [-0.2, -0.15) is 0 Å². The van der Waals surface area contributed by atoms with Crippen LogP contribution in [-0.4, -0.2) is 55.5 Å². The number of carbonyl (C=O) groups is 2. The molecule has 0 unspecified atom stereocenters. The van der Waals surface area contributed by atoms with Crippen molar-refractivity contribution in [2.24, 2.45) is 0 Å². The Balaban J connectivity index is 1.17. The van der Waals surface area contributed by atoms with Crippen LogP contribution in [0.5, 0.6) is 5.75 Å². The lowest BCUT2D eigenvalue weighted by Gasteiger charge is -2.38. The molecule has 0 aliphatic carbocycles. The Morgan fingerprint density at radius 3 is 2.00 bits per heavy atom. The van der Waals surface area contributed by atoms with Crippen molar-refractivity contribution in [3.8, 4) is 5.75 Å². The van der Waals surface area contributed by atoms with Crippen LogP contribution >= 0.6 is 0 Å². The summed E-state index contributed by atoms with van der Waals surface area (Å²) in [5.74, 6) is 0.188. The van der Waals surface area contributed by atoms with Crippen LogP contribution in [0.25, 0.3) is 0 Å². The Bertz CT molecular complexity index is 1200. The number of benzene rings is 3. The van der Waals surface area contributed by atoms with Gasteiger partial charge in [0.2, 0.25) is 5.91 Å². The minimum atomic E-state index is -0.413. The van der Waals surface area contributed by atoms with Crippen molar-refractivity contribution in [3.05, 3.63) is 89.7 Å². The maximum Gasteiger partial charge on any atom is 0.251 e. The van der Waals surface area contributed by atoms with Gasteiger partial charge < -0.3 is 9.64 Å². The predicted molar refractivity (Wildman–Crippen MR) is 138 cm³/mol. The summed E-state index contributed by atoms with van der Waals surface area (Å²) in [4.78, 5) is 31.7. The number of imide groups is 1. The zero-order valence-electron chi connectivity index (χ0n) is 20.4. The number of hydrogen-bond donors (Lipinski definition) is 0. The third kappa shape index (κ3) is 5.11. The van der Waals surface area contributed by atoms with Gasteiger partial charge in [0.15, 0.2) is 0 Å². The van der Waals surface area contributed by atoms with E-state index < -0.39 is 6.04 Å². The molecule has 2 saturated heterocycles. The highest BCUT2D eigenvalue weighted by Crippen LogP contribution is 2.28. The number of amides is 2. The van der Waals surface area contributed by atoms with Crippen molar-refractivity contribution in [1.82, 2.24) is 4.90 Å². The zero-order valence-corrected chi connectivity index (χ0v) is 20.4. The lowest BCUT2D eigenvalue weighted by molar-refractivity contribution is -0.123. The van der Waals surface area contributed by atoms with Crippen molar-refractivity contribution in [2.75, 3.05) is 42.6 Å². The van der Waals surface area contributed by atoms with Gasteiger partial charge in [-0.15, -0.1) is 0 Å². The van der Waals surface area contributed by atoms with Gasteiger partial charge in [-0.25, -0.2) is 9.29 Å². The second-order valence-electron chi connectivity index (χ2n) is 9.21. The maximum absolute atomic E-state index is 13.2. The van der Waals surface area contributed by atoms with Gasteiger partial charge in [0, 0.05) is 31.9 Å². The molecule has 5 rings (SSSR count). The third-order valence-corrected chi connectivity index (χ3v) is 6.91. The molecule has 0 bridgehead atoms. The maximum atomic E-state index is 13.2. The average molecular weight is 488 g/mol. The Labute approximate surface area is 210 Å². The van der Waals surface area contributed by atoms with E-state index in [1.807, 2.05) is 19.1 Å². The molecular formula is C29H30FN3O3. The van der Waals surface area contributed by atoms with Crippen LogP contribution in [0.4, 0.5) is 15.8 Å². The lowest BCUT2D eigenvalue weighted by atomic mass is 10.0. The summed E-state index contributed by atoms with van der Waals surface area (Å²) >= 11 is 0. The number of hydrogen-bond acceptors (Lipinski definition) is 5. The molecule has 2 aliphatic heterocycles. The standard InChI is InChI=1S/C29H30FN3O3/c1-2-36-26-13-11-25(12-14-26)33-28(34)20-27(29(33)35)32-17-15-31(16-18-32)24-9-5-22(6-10-24)19-21-3-7-23(30)8-4-21/h3-14,27H,2,15-20H2,1H3/t27-/m1/s1. The van der Waals surface area contributed by atoms with Gasteiger partial charge in [0.05, 0.1) is 24.8 Å². The number of halogens is 1. The molecule has 186 valence electrons. The molecular weight excluding hydrogens is 457 g/mol. The summed E-state index contributed by atoms with van der Waals surface area (Å²) in [6.45, 7) is 5.50. The molecule has 2 amide bonds. The first-order chi connectivity index (χ1) is 17.5. The van der Waals surface area contributed by atoms with E-state index in [1.165, 1.54) is 22.6 Å². The van der Waals surface area contributed by atoms with Crippen molar-refractivity contribution < 1.29 is 18.7 Å². The number of rotatable bonds is 7. The first kappa shape index (κ1) is 24.0. The van der Waals surface area contributed by atoms with Crippen LogP contribution in [0.1, 0.15) is 24.5 Å². The number of nitrogens with zero attached hydrogens (tertiary/aromatic N) is 3. The third-order valence-electron chi connectivity index (χ3n) is 6.91. The summed E-state index contributed by atoms with van der Waals surface area (Å²) in [6, 6.07) is 21.8. The highest BCUT2D eigenvalue weighted by atomic mass is 19.1. The molecule has 2 fully saturated rings. The molecule has 0 radical (unpaired) electrons. The van der Waals surface area contributed by atoms with E-state index in [0.29, 0.717) is 12.3 Å². The highest BCUT2D eigenvalue weighted by Gasteiger charge is 2.43. The quantitative estimate of drug-likeness (QED) is 0.466. The Hall–Kier alpha value is -3.71. The molecule has 0 aromatic heterocycles.